The summed E-state index contributed by atoms with van der Waals surface area (Å²) in [5.41, 5.74) is 2.23. The second kappa shape index (κ2) is 6.37. The third kappa shape index (κ3) is 3.03. The molecule has 0 saturated heterocycles. The molecule has 1 aromatic rings. The molecule has 2 rings (SSSR count). The molecule has 1 heterocycles. The highest BCUT2D eigenvalue weighted by molar-refractivity contribution is 9.10. The Bertz CT molecular complexity index is 425. The van der Waals surface area contributed by atoms with Crippen LogP contribution in [0.5, 0.6) is 0 Å². The molecule has 1 fully saturated rings. The normalized spacial score (nSPS) is 18.1. The van der Waals surface area contributed by atoms with Crippen LogP contribution in [0.4, 0.5) is 0 Å². The zero-order valence-corrected chi connectivity index (χ0v) is 13.5. The quantitative estimate of drug-likeness (QED) is 0.843. The fourth-order valence-electron chi connectivity index (χ4n) is 2.90. The molecule has 1 saturated carbocycles. The van der Waals surface area contributed by atoms with E-state index in [0.29, 0.717) is 0 Å². The highest BCUT2D eigenvalue weighted by Gasteiger charge is 2.33. The second-order valence-electron chi connectivity index (χ2n) is 5.38. The van der Waals surface area contributed by atoms with Gasteiger partial charge in [-0.15, -0.1) is 0 Å². The number of aryl methyl sites for hydroxylation is 2. The maximum Gasteiger partial charge on any atom is 0.0767 e. The van der Waals surface area contributed by atoms with Crippen LogP contribution in [0.15, 0.2) is 4.47 Å². The average molecular weight is 330 g/mol. The minimum atomic E-state index is -0.0747. The molecule has 5 heteroatoms. The maximum atomic E-state index is 9.65. The van der Waals surface area contributed by atoms with E-state index in [-0.39, 0.29) is 12.1 Å². The highest BCUT2D eigenvalue weighted by atomic mass is 79.9. The number of aromatic nitrogens is 2. The van der Waals surface area contributed by atoms with Gasteiger partial charge in [0.25, 0.3) is 0 Å². The Morgan fingerprint density at radius 2 is 2.05 bits per heavy atom. The predicted molar refractivity (Wildman–Crippen MR) is 80.1 cm³/mol. The van der Waals surface area contributed by atoms with Crippen molar-refractivity contribution in [3.8, 4) is 0 Å². The van der Waals surface area contributed by atoms with Crippen LogP contribution in [0.2, 0.25) is 0 Å². The first kappa shape index (κ1) is 15.0. The highest BCUT2D eigenvalue weighted by Crippen LogP contribution is 2.30. The molecule has 0 aromatic carbocycles. The molecule has 108 valence electrons. The van der Waals surface area contributed by atoms with E-state index in [4.69, 9.17) is 0 Å². The smallest absolute Gasteiger partial charge is 0.0767 e. The number of hydrogen-bond acceptors (Lipinski definition) is 3. The van der Waals surface area contributed by atoms with Crippen molar-refractivity contribution in [2.75, 3.05) is 6.61 Å². The van der Waals surface area contributed by atoms with Gasteiger partial charge in [-0.2, -0.15) is 5.10 Å². The summed E-state index contributed by atoms with van der Waals surface area (Å²) < 4.78 is 3.17. The first-order chi connectivity index (χ1) is 9.15. The van der Waals surface area contributed by atoms with E-state index in [2.05, 4.69) is 44.9 Å². The second-order valence-corrected chi connectivity index (χ2v) is 6.17. The minimum Gasteiger partial charge on any atom is -0.394 e. The van der Waals surface area contributed by atoms with Gasteiger partial charge in [0.15, 0.2) is 0 Å². The molecule has 0 atom stereocenters. The van der Waals surface area contributed by atoms with Crippen molar-refractivity contribution in [2.45, 2.75) is 64.6 Å². The summed E-state index contributed by atoms with van der Waals surface area (Å²) in [7, 11) is 0. The zero-order chi connectivity index (χ0) is 13.9. The van der Waals surface area contributed by atoms with E-state index < -0.39 is 0 Å². The summed E-state index contributed by atoms with van der Waals surface area (Å²) in [6.07, 6.45) is 5.50. The average Bonchev–Trinajstić information content (AvgIpc) is 3.02. The van der Waals surface area contributed by atoms with Crippen LogP contribution in [0.3, 0.4) is 0 Å². The monoisotopic (exact) mass is 329 g/mol. The lowest BCUT2D eigenvalue weighted by Crippen LogP contribution is -2.45. The van der Waals surface area contributed by atoms with Gasteiger partial charge in [0.2, 0.25) is 0 Å². The van der Waals surface area contributed by atoms with Gasteiger partial charge in [-0.3, -0.25) is 4.68 Å². The lowest BCUT2D eigenvalue weighted by molar-refractivity contribution is 0.162. The summed E-state index contributed by atoms with van der Waals surface area (Å²) in [5, 5.41) is 17.8. The minimum absolute atomic E-state index is 0.0747. The van der Waals surface area contributed by atoms with Crippen LogP contribution in [-0.4, -0.2) is 27.0 Å². The molecule has 0 spiro atoms. The van der Waals surface area contributed by atoms with Crippen molar-refractivity contribution in [1.29, 1.82) is 0 Å². The standard InChI is InChI=1S/C14H24BrN3O/c1-3-11-13(15)12(18(4-2)17-11)9-16-14(10-19)7-5-6-8-14/h16,19H,3-10H2,1-2H3. The summed E-state index contributed by atoms with van der Waals surface area (Å²) in [4.78, 5) is 0. The number of aliphatic hydroxyl groups excluding tert-OH is 1. The number of rotatable bonds is 6. The van der Waals surface area contributed by atoms with Gasteiger partial charge in [0.1, 0.15) is 0 Å². The van der Waals surface area contributed by atoms with Gasteiger partial charge >= 0.3 is 0 Å². The van der Waals surface area contributed by atoms with Gasteiger partial charge in [-0.25, -0.2) is 0 Å². The van der Waals surface area contributed by atoms with Crippen LogP contribution in [-0.2, 0) is 19.5 Å². The molecule has 0 amide bonds. The van der Waals surface area contributed by atoms with Crippen LogP contribution in [0, 0.1) is 0 Å². The summed E-state index contributed by atoms with van der Waals surface area (Å²) in [6.45, 7) is 6.10. The third-order valence-electron chi connectivity index (χ3n) is 4.19. The molecule has 0 radical (unpaired) electrons. The van der Waals surface area contributed by atoms with Crippen molar-refractivity contribution in [1.82, 2.24) is 15.1 Å². The lowest BCUT2D eigenvalue weighted by atomic mass is 9.99. The Kier molecular flexibility index (Phi) is 5.03. The topological polar surface area (TPSA) is 50.1 Å². The number of aliphatic hydroxyl groups is 1. The molecule has 1 aromatic heterocycles. The third-order valence-corrected chi connectivity index (χ3v) is 5.10. The SMILES string of the molecule is CCc1nn(CC)c(CNC2(CO)CCCC2)c1Br. The summed E-state index contributed by atoms with van der Waals surface area (Å²) >= 11 is 3.67. The Morgan fingerprint density at radius 3 is 2.58 bits per heavy atom. The largest absolute Gasteiger partial charge is 0.394 e. The molecule has 2 N–H and O–H groups in total. The Morgan fingerprint density at radius 1 is 1.37 bits per heavy atom. The van der Waals surface area contributed by atoms with E-state index in [1.807, 2.05) is 0 Å². The first-order valence-electron chi connectivity index (χ1n) is 7.25. The van der Waals surface area contributed by atoms with E-state index in [0.717, 1.165) is 42.5 Å². The molecule has 1 aliphatic carbocycles. The zero-order valence-electron chi connectivity index (χ0n) is 11.9. The van der Waals surface area contributed by atoms with Crippen LogP contribution in [0.1, 0.15) is 50.9 Å². The van der Waals surface area contributed by atoms with Gasteiger partial charge in [0, 0.05) is 18.6 Å². The molecule has 19 heavy (non-hydrogen) atoms. The van der Waals surface area contributed by atoms with E-state index in [1.165, 1.54) is 18.5 Å². The number of nitrogens with one attached hydrogen (secondary N) is 1. The van der Waals surface area contributed by atoms with Gasteiger partial charge in [0.05, 0.1) is 22.5 Å². The van der Waals surface area contributed by atoms with E-state index in [1.54, 1.807) is 0 Å². The first-order valence-corrected chi connectivity index (χ1v) is 8.05. The summed E-state index contributed by atoms with van der Waals surface area (Å²) in [6, 6.07) is 0. The van der Waals surface area contributed by atoms with Crippen molar-refractivity contribution < 1.29 is 5.11 Å². The van der Waals surface area contributed by atoms with Crippen molar-refractivity contribution in [3.63, 3.8) is 0 Å². The van der Waals surface area contributed by atoms with Crippen LogP contribution >= 0.6 is 15.9 Å². The summed E-state index contributed by atoms with van der Waals surface area (Å²) in [5.74, 6) is 0. The van der Waals surface area contributed by atoms with Gasteiger partial charge in [-0.05, 0) is 42.1 Å². The Labute approximate surface area is 123 Å². The molecule has 0 aliphatic heterocycles. The van der Waals surface area contributed by atoms with E-state index >= 15 is 0 Å². The number of nitrogens with zero attached hydrogens (tertiary/aromatic N) is 2. The molecular weight excluding hydrogens is 306 g/mol. The van der Waals surface area contributed by atoms with Gasteiger partial charge in [-0.1, -0.05) is 19.8 Å². The number of halogens is 1. The lowest BCUT2D eigenvalue weighted by Gasteiger charge is -2.28. The molecule has 0 unspecified atom stereocenters. The molecule has 0 bridgehead atoms. The van der Waals surface area contributed by atoms with Gasteiger partial charge < -0.3 is 10.4 Å². The molecule has 4 nitrogen and oxygen atoms in total. The molecular formula is C14H24BrN3O. The number of hydrogen-bond donors (Lipinski definition) is 2. The fraction of sp³-hybridized carbons (Fsp3) is 0.786. The predicted octanol–water partition coefficient (Wildman–Crippen LogP) is 2.62. The fourth-order valence-corrected chi connectivity index (χ4v) is 3.60. The maximum absolute atomic E-state index is 9.65. The molecule has 1 aliphatic rings. The van der Waals surface area contributed by atoms with Crippen LogP contribution in [0.25, 0.3) is 0 Å². The van der Waals surface area contributed by atoms with Crippen molar-refractivity contribution in [3.05, 3.63) is 15.9 Å². The Balaban J connectivity index is 2.12. The van der Waals surface area contributed by atoms with E-state index in [9.17, 15) is 5.11 Å². The van der Waals surface area contributed by atoms with Crippen molar-refractivity contribution >= 4 is 15.9 Å². The van der Waals surface area contributed by atoms with Crippen molar-refractivity contribution in [2.24, 2.45) is 0 Å². The van der Waals surface area contributed by atoms with Crippen LogP contribution < -0.4 is 5.32 Å². The Hall–Kier alpha value is -0.390.